The highest BCUT2D eigenvalue weighted by atomic mass is 32.2. The molecular weight excluding hydrogens is 458 g/mol. The Morgan fingerprint density at radius 1 is 1.26 bits per heavy atom. The van der Waals surface area contributed by atoms with Crippen LogP contribution in [0.2, 0.25) is 0 Å². The predicted octanol–water partition coefficient (Wildman–Crippen LogP) is 2.44. The Hall–Kier alpha value is -2.92. The first kappa shape index (κ1) is 24.2. The number of furan rings is 1. The minimum atomic E-state index is -3.38. The fourth-order valence-electron chi connectivity index (χ4n) is 3.92. The maximum atomic E-state index is 12.5. The van der Waals surface area contributed by atoms with Gasteiger partial charge in [0.25, 0.3) is 0 Å². The number of carbonyl (C=O) groups is 1. The number of anilines is 1. The van der Waals surface area contributed by atoms with Crippen LogP contribution in [0.3, 0.4) is 0 Å². The maximum absolute atomic E-state index is 12.5. The van der Waals surface area contributed by atoms with Crippen LogP contribution in [-0.4, -0.2) is 57.8 Å². The van der Waals surface area contributed by atoms with Gasteiger partial charge in [-0.05, 0) is 55.3 Å². The van der Waals surface area contributed by atoms with Gasteiger partial charge in [-0.15, -0.1) is 0 Å². The van der Waals surface area contributed by atoms with E-state index in [-0.39, 0.29) is 18.4 Å². The van der Waals surface area contributed by atoms with Crippen LogP contribution < -0.4 is 20.1 Å². The molecule has 0 spiro atoms. The lowest BCUT2D eigenvalue weighted by Crippen LogP contribution is -2.30. The van der Waals surface area contributed by atoms with E-state index in [1.165, 1.54) is 0 Å². The molecule has 4 N–H and O–H groups in total. The number of ether oxygens (including phenoxy) is 1. The summed E-state index contributed by atoms with van der Waals surface area (Å²) in [5, 5.41) is 17.5. The van der Waals surface area contributed by atoms with Gasteiger partial charge in [0.15, 0.2) is 5.76 Å². The lowest BCUT2D eigenvalue weighted by Gasteiger charge is -2.14. The Balaban J connectivity index is 1.25. The molecule has 1 aliphatic heterocycles. The van der Waals surface area contributed by atoms with Gasteiger partial charge in [-0.25, -0.2) is 8.42 Å². The number of hydrogen-bond donors (Lipinski definition) is 4. The quantitative estimate of drug-likeness (QED) is 0.240. The lowest BCUT2D eigenvalue weighted by atomic mass is 10.1. The number of aliphatic hydroxyl groups is 1. The van der Waals surface area contributed by atoms with Gasteiger partial charge >= 0.3 is 0 Å². The van der Waals surface area contributed by atoms with E-state index in [1.807, 2.05) is 12.1 Å². The molecule has 0 radical (unpaired) electrons. The number of fused-ring (bicyclic) bond motifs is 1. The average Bonchev–Trinajstić information content (AvgIpc) is 3.47. The van der Waals surface area contributed by atoms with Crippen molar-refractivity contribution in [2.24, 2.45) is 0 Å². The highest BCUT2D eigenvalue weighted by molar-refractivity contribution is 7.92. The zero-order valence-electron chi connectivity index (χ0n) is 18.9. The Bertz CT molecular complexity index is 1250. The first-order valence-corrected chi connectivity index (χ1v) is 13.1. The molecule has 3 aromatic rings. The summed E-state index contributed by atoms with van der Waals surface area (Å²) in [6, 6.07) is 13.7. The number of hydrogen-bond acceptors (Lipinski definition) is 8. The van der Waals surface area contributed by atoms with Crippen molar-refractivity contribution in [1.82, 2.24) is 10.6 Å². The summed E-state index contributed by atoms with van der Waals surface area (Å²) in [5.74, 6) is 0.969. The number of rotatable bonds is 11. The normalized spacial score (nSPS) is 17.1. The Morgan fingerprint density at radius 2 is 2.12 bits per heavy atom. The molecule has 4 rings (SSSR count). The maximum Gasteiger partial charge on any atom is 0.229 e. The monoisotopic (exact) mass is 487 g/mol. The first-order valence-electron chi connectivity index (χ1n) is 11.2. The molecule has 0 aliphatic carbocycles. The van der Waals surface area contributed by atoms with Gasteiger partial charge < -0.3 is 24.9 Å². The van der Waals surface area contributed by atoms with E-state index < -0.39 is 16.1 Å². The van der Waals surface area contributed by atoms with Gasteiger partial charge in [0.1, 0.15) is 17.9 Å². The summed E-state index contributed by atoms with van der Waals surface area (Å²) in [7, 11) is -3.38. The molecule has 2 heterocycles. The number of aliphatic hydroxyl groups excluding tert-OH is 1. The fourth-order valence-corrected chi connectivity index (χ4v) is 4.48. The van der Waals surface area contributed by atoms with Gasteiger partial charge in [0.05, 0.1) is 18.4 Å². The summed E-state index contributed by atoms with van der Waals surface area (Å²) < 4.78 is 36.7. The van der Waals surface area contributed by atoms with E-state index in [0.717, 1.165) is 31.0 Å². The molecule has 1 saturated heterocycles. The number of sulfonamides is 1. The van der Waals surface area contributed by atoms with Crippen LogP contribution in [-0.2, 0) is 10.0 Å². The van der Waals surface area contributed by atoms with Crippen molar-refractivity contribution in [3.05, 3.63) is 59.9 Å². The Kier molecular flexibility index (Phi) is 7.52. The molecule has 0 bridgehead atoms. The second kappa shape index (κ2) is 10.6. The fraction of sp³-hybridized carbons (Fsp3) is 0.375. The molecule has 1 fully saturated rings. The molecule has 182 valence electrons. The van der Waals surface area contributed by atoms with E-state index in [1.54, 1.807) is 36.4 Å². The third-order valence-corrected chi connectivity index (χ3v) is 6.18. The summed E-state index contributed by atoms with van der Waals surface area (Å²) >= 11 is 0. The van der Waals surface area contributed by atoms with Gasteiger partial charge in [-0.1, -0.05) is 12.1 Å². The third-order valence-electron chi connectivity index (χ3n) is 5.57. The van der Waals surface area contributed by atoms with E-state index in [0.29, 0.717) is 41.5 Å². The van der Waals surface area contributed by atoms with Crippen LogP contribution >= 0.6 is 0 Å². The highest BCUT2D eigenvalue weighted by Crippen LogP contribution is 2.26. The number of carbonyl (C=O) groups excluding carboxylic acids is 1. The molecule has 2 atom stereocenters. The molecule has 2 aromatic carbocycles. The van der Waals surface area contributed by atoms with Gasteiger partial charge in [-0.2, -0.15) is 0 Å². The predicted molar refractivity (Wildman–Crippen MR) is 130 cm³/mol. The molecule has 10 heteroatoms. The van der Waals surface area contributed by atoms with Gasteiger partial charge in [0, 0.05) is 30.2 Å². The van der Waals surface area contributed by atoms with Crippen LogP contribution in [0.4, 0.5) is 5.69 Å². The van der Waals surface area contributed by atoms with Crippen LogP contribution in [0.1, 0.15) is 35.1 Å². The molecular formula is C24H29N3O6S. The molecule has 1 unspecified atom stereocenters. The highest BCUT2D eigenvalue weighted by Gasteiger charge is 2.26. The second-order valence-corrected chi connectivity index (χ2v) is 10.1. The van der Waals surface area contributed by atoms with Crippen molar-refractivity contribution in [3.8, 4) is 5.75 Å². The van der Waals surface area contributed by atoms with Gasteiger partial charge in [-0.3, -0.25) is 9.52 Å². The third kappa shape index (κ3) is 6.35. The van der Waals surface area contributed by atoms with Gasteiger partial charge in [0.2, 0.25) is 15.8 Å². The van der Waals surface area contributed by atoms with E-state index >= 15 is 0 Å². The average molecular weight is 488 g/mol. The standard InChI is InChI=1S/C24H29N3O6S/c1-34(30,31)27-18-5-2-4-16(12-18)21(28)15-25-10-11-32-19-8-7-17-13-23(33-22(17)14-19)24(29)20-6-3-9-26-20/h2,4-5,7-8,12-14,20-21,25-28H,3,6,9-11,15H2,1H3/t20?,21-/m0/s1. The minimum Gasteiger partial charge on any atom is -0.492 e. The van der Waals surface area contributed by atoms with Crippen molar-refractivity contribution >= 4 is 32.5 Å². The number of Topliss-reactive ketones (excluding diaryl/α,β-unsaturated/α-hetero) is 1. The summed E-state index contributed by atoms with van der Waals surface area (Å²) in [4.78, 5) is 12.5. The van der Waals surface area contributed by atoms with E-state index in [4.69, 9.17) is 9.15 Å². The molecule has 0 amide bonds. The minimum absolute atomic E-state index is 0.0171. The number of benzene rings is 2. The zero-order valence-corrected chi connectivity index (χ0v) is 19.7. The molecule has 34 heavy (non-hydrogen) atoms. The van der Waals surface area contributed by atoms with Crippen molar-refractivity contribution < 1.29 is 27.5 Å². The van der Waals surface area contributed by atoms with Crippen molar-refractivity contribution in [2.45, 2.75) is 25.0 Å². The Labute approximate surface area is 198 Å². The van der Waals surface area contributed by atoms with Crippen LogP contribution in [0.5, 0.6) is 5.75 Å². The summed E-state index contributed by atoms with van der Waals surface area (Å²) in [6.07, 6.45) is 2.10. The number of nitrogens with one attached hydrogen (secondary N) is 3. The topological polar surface area (TPSA) is 130 Å². The smallest absolute Gasteiger partial charge is 0.229 e. The lowest BCUT2D eigenvalue weighted by molar-refractivity contribution is 0.0927. The number of ketones is 1. The van der Waals surface area contributed by atoms with E-state index in [9.17, 15) is 18.3 Å². The SMILES string of the molecule is CS(=O)(=O)Nc1cccc([C@@H](O)CNCCOc2ccc3cc(C(=O)C4CCCN4)oc3c2)c1. The van der Waals surface area contributed by atoms with Crippen LogP contribution in [0.25, 0.3) is 11.0 Å². The first-order chi connectivity index (χ1) is 16.3. The molecule has 1 aliphatic rings. The summed E-state index contributed by atoms with van der Waals surface area (Å²) in [6.45, 7) is 1.99. The van der Waals surface area contributed by atoms with Crippen LogP contribution in [0.15, 0.2) is 52.9 Å². The largest absolute Gasteiger partial charge is 0.492 e. The molecule has 0 saturated carbocycles. The van der Waals surface area contributed by atoms with Crippen LogP contribution in [0, 0.1) is 0 Å². The molecule has 9 nitrogen and oxygen atoms in total. The van der Waals surface area contributed by atoms with E-state index in [2.05, 4.69) is 15.4 Å². The van der Waals surface area contributed by atoms with Crippen molar-refractivity contribution in [2.75, 3.05) is 37.2 Å². The van der Waals surface area contributed by atoms with Crippen molar-refractivity contribution in [1.29, 1.82) is 0 Å². The molecule has 1 aromatic heterocycles. The summed E-state index contributed by atoms with van der Waals surface area (Å²) in [5.41, 5.74) is 1.60. The van der Waals surface area contributed by atoms with Crippen molar-refractivity contribution in [3.63, 3.8) is 0 Å². The zero-order chi connectivity index (χ0) is 24.1. The Morgan fingerprint density at radius 3 is 2.88 bits per heavy atom. The second-order valence-electron chi connectivity index (χ2n) is 8.39.